The molecule has 0 spiro atoms. The highest BCUT2D eigenvalue weighted by Crippen LogP contribution is 2.39. The molecule has 6 nitrogen and oxygen atoms in total. The van der Waals surface area contributed by atoms with Gasteiger partial charge in [-0.05, 0) is 83.7 Å². The van der Waals surface area contributed by atoms with Crippen molar-refractivity contribution in [2.24, 2.45) is 0 Å². The van der Waals surface area contributed by atoms with Crippen LogP contribution >= 0.6 is 39.9 Å². The Labute approximate surface area is 217 Å². The van der Waals surface area contributed by atoms with Gasteiger partial charge < -0.3 is 14.8 Å². The minimum atomic E-state index is -0.283. The molecule has 0 saturated carbocycles. The predicted octanol–water partition coefficient (Wildman–Crippen LogP) is 5.87. The van der Waals surface area contributed by atoms with E-state index in [2.05, 4.69) is 27.8 Å². The molecular weight excluding hydrogens is 536 g/mol. The molecule has 1 heterocycles. The maximum absolute atomic E-state index is 12.6. The fourth-order valence-electron chi connectivity index (χ4n) is 3.39. The lowest BCUT2D eigenvalue weighted by Gasteiger charge is -2.15. The zero-order chi connectivity index (χ0) is 24.8. The number of aryl methyl sites for hydroxylation is 2. The second-order valence-corrected chi connectivity index (χ2v) is 10.1. The van der Waals surface area contributed by atoms with Crippen molar-refractivity contribution in [1.29, 1.82) is 0 Å². The van der Waals surface area contributed by atoms with Crippen LogP contribution < -0.4 is 14.8 Å². The third kappa shape index (κ3) is 6.49. The fraction of sp³-hybridized carbons (Fsp3) is 0.240. The molecule has 34 heavy (non-hydrogen) atoms. The Morgan fingerprint density at radius 1 is 1.21 bits per heavy atom. The van der Waals surface area contributed by atoms with Crippen LogP contribution in [0, 0.1) is 13.8 Å². The van der Waals surface area contributed by atoms with Crippen LogP contribution in [0.2, 0.25) is 0 Å². The van der Waals surface area contributed by atoms with Crippen molar-refractivity contribution >= 4 is 67.8 Å². The van der Waals surface area contributed by atoms with Crippen molar-refractivity contribution < 1.29 is 19.1 Å². The lowest BCUT2D eigenvalue weighted by molar-refractivity contribution is -0.121. The molecule has 1 aliphatic rings. The maximum Gasteiger partial charge on any atom is 0.266 e. The molecule has 0 aromatic heterocycles. The van der Waals surface area contributed by atoms with Crippen LogP contribution in [0.3, 0.4) is 0 Å². The zero-order valence-electron chi connectivity index (χ0n) is 19.1. The molecule has 0 atom stereocenters. The molecule has 2 amide bonds. The summed E-state index contributed by atoms with van der Waals surface area (Å²) >= 11 is 10.1. The average molecular weight is 562 g/mol. The summed E-state index contributed by atoms with van der Waals surface area (Å²) < 4.78 is 12.7. The second kappa shape index (κ2) is 11.7. The topological polar surface area (TPSA) is 67.9 Å². The largest absolute Gasteiger partial charge is 0.490 e. The Hall–Kier alpha value is -2.62. The molecule has 178 valence electrons. The van der Waals surface area contributed by atoms with Crippen LogP contribution in [-0.4, -0.2) is 40.8 Å². The van der Waals surface area contributed by atoms with E-state index in [1.165, 1.54) is 16.7 Å². The van der Waals surface area contributed by atoms with Gasteiger partial charge in [0.2, 0.25) is 0 Å². The summed E-state index contributed by atoms with van der Waals surface area (Å²) in [6.07, 6.45) is 3.39. The first-order valence-electron chi connectivity index (χ1n) is 10.5. The number of ether oxygens (including phenoxy) is 2. The number of nitrogens with zero attached hydrogens (tertiary/aromatic N) is 1. The van der Waals surface area contributed by atoms with Crippen molar-refractivity contribution in [2.45, 2.75) is 20.8 Å². The number of nitrogens with one attached hydrogen (secondary N) is 1. The minimum absolute atomic E-state index is 0.160. The van der Waals surface area contributed by atoms with Gasteiger partial charge in [-0.2, -0.15) is 0 Å². The Morgan fingerprint density at radius 2 is 1.91 bits per heavy atom. The van der Waals surface area contributed by atoms with E-state index in [1.807, 2.05) is 39.0 Å². The number of halogens is 1. The Morgan fingerprint density at radius 3 is 2.56 bits per heavy atom. The van der Waals surface area contributed by atoms with Gasteiger partial charge in [0.25, 0.3) is 11.8 Å². The fourth-order valence-corrected chi connectivity index (χ4v) is 5.24. The number of hydrogen-bond donors (Lipinski definition) is 1. The summed E-state index contributed by atoms with van der Waals surface area (Å²) in [6, 6.07) is 9.42. The van der Waals surface area contributed by atoms with Crippen LogP contribution in [0.5, 0.6) is 11.5 Å². The van der Waals surface area contributed by atoms with Crippen molar-refractivity contribution in [2.75, 3.05) is 25.1 Å². The average Bonchev–Trinajstić information content (AvgIpc) is 3.00. The van der Waals surface area contributed by atoms with Gasteiger partial charge in [0.05, 0.1) is 16.0 Å². The summed E-state index contributed by atoms with van der Waals surface area (Å²) in [5, 5.41) is 2.85. The first-order valence-corrected chi connectivity index (χ1v) is 12.6. The lowest BCUT2D eigenvalue weighted by atomic mass is 10.1. The molecule has 0 radical (unpaired) electrons. The van der Waals surface area contributed by atoms with Gasteiger partial charge in [-0.1, -0.05) is 36.1 Å². The van der Waals surface area contributed by atoms with E-state index in [0.717, 1.165) is 22.4 Å². The lowest BCUT2D eigenvalue weighted by Crippen LogP contribution is -2.27. The number of thiocarbonyl (C=S) groups is 1. The van der Waals surface area contributed by atoms with Gasteiger partial charge in [0.1, 0.15) is 4.32 Å². The summed E-state index contributed by atoms with van der Waals surface area (Å²) in [5.74, 6) is 0.430. The third-order valence-electron chi connectivity index (χ3n) is 4.67. The molecule has 1 aliphatic heterocycles. The van der Waals surface area contributed by atoms with E-state index in [9.17, 15) is 9.59 Å². The number of thioether (sulfide) groups is 1. The molecule has 3 rings (SSSR count). The van der Waals surface area contributed by atoms with Crippen LogP contribution in [0.4, 0.5) is 5.69 Å². The smallest absolute Gasteiger partial charge is 0.266 e. The number of rotatable bonds is 9. The van der Waals surface area contributed by atoms with Gasteiger partial charge in [0, 0.05) is 12.2 Å². The van der Waals surface area contributed by atoms with Gasteiger partial charge in [0.15, 0.2) is 18.1 Å². The van der Waals surface area contributed by atoms with E-state index >= 15 is 0 Å². The number of benzene rings is 2. The molecule has 1 saturated heterocycles. The summed E-state index contributed by atoms with van der Waals surface area (Å²) in [4.78, 5) is 27.1. The second-order valence-electron chi connectivity index (χ2n) is 7.56. The van der Waals surface area contributed by atoms with Crippen LogP contribution in [0.1, 0.15) is 23.6 Å². The Balaban J connectivity index is 1.77. The first kappa shape index (κ1) is 26.0. The van der Waals surface area contributed by atoms with E-state index in [4.69, 9.17) is 21.7 Å². The SMILES string of the molecule is C=CCN1C(=O)/C(=C/c2cc(Br)c(OCC(=O)Nc3cc(C)cc(C)c3)c(OCC)c2)SC1=S. The molecule has 0 aliphatic carbocycles. The van der Waals surface area contributed by atoms with E-state index in [-0.39, 0.29) is 18.4 Å². The minimum Gasteiger partial charge on any atom is -0.490 e. The molecular formula is C25H25BrN2O4S2. The van der Waals surface area contributed by atoms with Gasteiger partial charge in [-0.15, -0.1) is 6.58 Å². The van der Waals surface area contributed by atoms with Crippen LogP contribution in [-0.2, 0) is 9.59 Å². The summed E-state index contributed by atoms with van der Waals surface area (Å²) in [6.45, 7) is 10.1. The van der Waals surface area contributed by atoms with Crippen molar-refractivity contribution in [3.8, 4) is 11.5 Å². The van der Waals surface area contributed by atoms with Crippen molar-refractivity contribution in [1.82, 2.24) is 4.90 Å². The highest BCUT2D eigenvalue weighted by molar-refractivity contribution is 9.10. The van der Waals surface area contributed by atoms with E-state index < -0.39 is 0 Å². The zero-order valence-corrected chi connectivity index (χ0v) is 22.4. The third-order valence-corrected chi connectivity index (χ3v) is 6.63. The monoisotopic (exact) mass is 560 g/mol. The molecule has 1 fully saturated rings. The molecule has 0 unspecified atom stereocenters. The summed E-state index contributed by atoms with van der Waals surface area (Å²) in [7, 11) is 0. The van der Waals surface area contributed by atoms with Gasteiger partial charge in [-0.25, -0.2) is 0 Å². The molecule has 2 aromatic rings. The molecule has 9 heteroatoms. The predicted molar refractivity (Wildman–Crippen MR) is 145 cm³/mol. The van der Waals surface area contributed by atoms with Crippen molar-refractivity contribution in [3.05, 3.63) is 69.1 Å². The molecule has 2 aromatic carbocycles. The number of amides is 2. The Kier molecular flexibility index (Phi) is 8.93. The van der Waals surface area contributed by atoms with E-state index in [1.54, 1.807) is 24.3 Å². The van der Waals surface area contributed by atoms with Crippen LogP contribution in [0.15, 0.2) is 52.4 Å². The number of carbonyl (C=O) groups excluding carboxylic acids is 2. The molecule has 1 N–H and O–H groups in total. The Bertz CT molecular complexity index is 1160. The molecule has 0 bridgehead atoms. The van der Waals surface area contributed by atoms with Crippen LogP contribution in [0.25, 0.3) is 6.08 Å². The van der Waals surface area contributed by atoms with Gasteiger partial charge in [-0.3, -0.25) is 14.5 Å². The first-order chi connectivity index (χ1) is 16.2. The highest BCUT2D eigenvalue weighted by Gasteiger charge is 2.31. The summed E-state index contributed by atoms with van der Waals surface area (Å²) in [5.41, 5.74) is 3.59. The number of anilines is 1. The standard InChI is InChI=1S/C25H25BrN2O4S2/c1-5-7-28-24(30)21(34-25(28)33)13-17-11-19(26)23(20(12-17)31-6-2)32-14-22(29)27-18-9-15(3)8-16(4)10-18/h5,8-13H,1,6-7,14H2,2-4H3,(H,27,29)/b21-13-. The highest BCUT2D eigenvalue weighted by atomic mass is 79.9. The number of carbonyl (C=O) groups is 2. The number of hydrogen-bond acceptors (Lipinski definition) is 6. The van der Waals surface area contributed by atoms with Gasteiger partial charge >= 0.3 is 0 Å². The van der Waals surface area contributed by atoms with E-state index in [0.29, 0.717) is 38.3 Å². The quantitative estimate of drug-likeness (QED) is 0.235. The normalized spacial score (nSPS) is 14.5. The van der Waals surface area contributed by atoms with Crippen molar-refractivity contribution in [3.63, 3.8) is 0 Å². The maximum atomic E-state index is 12.6.